The van der Waals surface area contributed by atoms with Crippen molar-refractivity contribution in [3.63, 3.8) is 0 Å². The first-order valence-corrected chi connectivity index (χ1v) is 6.73. The average molecular weight is 210 g/mol. The zero-order valence-electron chi connectivity index (χ0n) is 11.7. The van der Waals surface area contributed by atoms with Crippen molar-refractivity contribution >= 4 is 0 Å². The molecule has 0 bridgehead atoms. The Balaban J connectivity index is 2.86. The van der Waals surface area contributed by atoms with Crippen molar-refractivity contribution in [3.05, 3.63) is 0 Å². The third-order valence-electron chi connectivity index (χ3n) is 4.24. The summed E-state index contributed by atoms with van der Waals surface area (Å²) in [5.74, 6) is 1.83. The topological polar surface area (TPSA) is 0 Å². The van der Waals surface area contributed by atoms with Crippen molar-refractivity contribution in [2.24, 2.45) is 22.7 Å². The van der Waals surface area contributed by atoms with Crippen LogP contribution in [0.5, 0.6) is 0 Å². The molecular formula is C15H30. The van der Waals surface area contributed by atoms with Gasteiger partial charge in [-0.1, -0.05) is 60.8 Å². The molecule has 0 aromatic heterocycles. The van der Waals surface area contributed by atoms with Crippen LogP contribution in [0.1, 0.15) is 73.6 Å². The Bertz CT molecular complexity index is 167. The van der Waals surface area contributed by atoms with E-state index in [-0.39, 0.29) is 0 Å². The van der Waals surface area contributed by atoms with Gasteiger partial charge < -0.3 is 0 Å². The molecule has 0 aromatic rings. The molecule has 0 heterocycles. The van der Waals surface area contributed by atoms with E-state index >= 15 is 0 Å². The van der Waals surface area contributed by atoms with Crippen LogP contribution in [-0.4, -0.2) is 0 Å². The lowest BCUT2D eigenvalue weighted by molar-refractivity contribution is 0.0646. The first-order chi connectivity index (χ1) is 6.73. The standard InChI is InChI=1S/C15H30/c1-14(2,3)12-10-8-7-9-11-13(12)15(4,5)6/h12-13H,7-11H2,1-6H3/t12-,13-/m0/s1. The highest BCUT2D eigenvalue weighted by Crippen LogP contribution is 2.47. The lowest BCUT2D eigenvalue weighted by Gasteiger charge is -2.43. The quantitative estimate of drug-likeness (QED) is 0.477. The van der Waals surface area contributed by atoms with Gasteiger partial charge in [0, 0.05) is 0 Å². The van der Waals surface area contributed by atoms with Crippen LogP contribution in [0.3, 0.4) is 0 Å². The van der Waals surface area contributed by atoms with E-state index < -0.39 is 0 Å². The van der Waals surface area contributed by atoms with E-state index in [1.165, 1.54) is 32.1 Å². The zero-order chi connectivity index (χ0) is 11.7. The van der Waals surface area contributed by atoms with Gasteiger partial charge in [0.05, 0.1) is 0 Å². The molecule has 1 rings (SSSR count). The van der Waals surface area contributed by atoms with E-state index in [0.717, 1.165) is 11.8 Å². The van der Waals surface area contributed by atoms with E-state index in [0.29, 0.717) is 10.8 Å². The highest BCUT2D eigenvalue weighted by atomic mass is 14.4. The minimum absolute atomic E-state index is 0.488. The second kappa shape index (κ2) is 4.47. The van der Waals surface area contributed by atoms with Gasteiger partial charge in [-0.05, 0) is 35.5 Å². The molecule has 90 valence electrons. The number of hydrogen-bond donors (Lipinski definition) is 0. The largest absolute Gasteiger partial charge is 0.0599 e. The molecule has 15 heavy (non-hydrogen) atoms. The summed E-state index contributed by atoms with van der Waals surface area (Å²) in [6.45, 7) is 14.6. The summed E-state index contributed by atoms with van der Waals surface area (Å²) in [5.41, 5.74) is 0.977. The van der Waals surface area contributed by atoms with Crippen molar-refractivity contribution in [3.8, 4) is 0 Å². The summed E-state index contributed by atoms with van der Waals surface area (Å²) >= 11 is 0. The molecule has 0 N–H and O–H groups in total. The number of hydrogen-bond acceptors (Lipinski definition) is 0. The monoisotopic (exact) mass is 210 g/mol. The SMILES string of the molecule is CC(C)(C)[C@H]1CCCCC[C@@H]1C(C)(C)C. The van der Waals surface area contributed by atoms with Crippen LogP contribution in [0.15, 0.2) is 0 Å². The van der Waals surface area contributed by atoms with Gasteiger partial charge >= 0.3 is 0 Å². The minimum atomic E-state index is 0.488. The Morgan fingerprint density at radius 2 is 0.933 bits per heavy atom. The molecule has 1 fully saturated rings. The molecule has 1 aliphatic rings. The molecule has 0 heteroatoms. The van der Waals surface area contributed by atoms with Crippen LogP contribution in [-0.2, 0) is 0 Å². The molecule has 0 aliphatic heterocycles. The first-order valence-electron chi connectivity index (χ1n) is 6.73. The molecule has 0 amide bonds. The summed E-state index contributed by atoms with van der Waals surface area (Å²) in [4.78, 5) is 0. The molecular weight excluding hydrogens is 180 g/mol. The molecule has 0 nitrogen and oxygen atoms in total. The van der Waals surface area contributed by atoms with Crippen LogP contribution >= 0.6 is 0 Å². The predicted molar refractivity (Wildman–Crippen MR) is 69.0 cm³/mol. The molecule has 1 aliphatic carbocycles. The summed E-state index contributed by atoms with van der Waals surface area (Å²) in [7, 11) is 0. The average Bonchev–Trinajstić information content (AvgIpc) is 2.24. The molecule has 0 unspecified atom stereocenters. The molecule has 0 radical (unpaired) electrons. The van der Waals surface area contributed by atoms with E-state index in [1.807, 2.05) is 0 Å². The number of rotatable bonds is 0. The van der Waals surface area contributed by atoms with Gasteiger partial charge in [-0.15, -0.1) is 0 Å². The second-order valence-corrected chi connectivity index (χ2v) is 7.58. The Morgan fingerprint density at radius 3 is 1.20 bits per heavy atom. The molecule has 0 aromatic carbocycles. The molecule has 2 atom stereocenters. The fourth-order valence-electron chi connectivity index (χ4n) is 3.38. The van der Waals surface area contributed by atoms with Crippen molar-refractivity contribution < 1.29 is 0 Å². The fraction of sp³-hybridized carbons (Fsp3) is 1.00. The lowest BCUT2D eigenvalue weighted by Crippen LogP contribution is -2.35. The van der Waals surface area contributed by atoms with Gasteiger partial charge in [0.1, 0.15) is 0 Å². The Hall–Kier alpha value is 0. The normalized spacial score (nSPS) is 30.0. The van der Waals surface area contributed by atoms with Crippen molar-refractivity contribution in [2.75, 3.05) is 0 Å². The van der Waals surface area contributed by atoms with Crippen LogP contribution in [0.4, 0.5) is 0 Å². The third-order valence-corrected chi connectivity index (χ3v) is 4.24. The first kappa shape index (κ1) is 13.1. The molecule has 1 saturated carbocycles. The van der Waals surface area contributed by atoms with Crippen LogP contribution in [0.25, 0.3) is 0 Å². The maximum atomic E-state index is 2.43. The van der Waals surface area contributed by atoms with Gasteiger partial charge in [0.25, 0.3) is 0 Å². The summed E-state index contributed by atoms with van der Waals surface area (Å²) < 4.78 is 0. The molecule has 0 saturated heterocycles. The Labute approximate surface area is 96.8 Å². The van der Waals surface area contributed by atoms with E-state index in [1.54, 1.807) is 0 Å². The second-order valence-electron chi connectivity index (χ2n) is 7.58. The summed E-state index contributed by atoms with van der Waals surface area (Å²) in [6.07, 6.45) is 7.26. The van der Waals surface area contributed by atoms with Gasteiger partial charge in [-0.2, -0.15) is 0 Å². The Morgan fingerprint density at radius 1 is 0.600 bits per heavy atom. The summed E-state index contributed by atoms with van der Waals surface area (Å²) in [5, 5.41) is 0. The smallest absolute Gasteiger partial charge is 0.0332 e. The van der Waals surface area contributed by atoms with Gasteiger partial charge in [-0.3, -0.25) is 0 Å². The van der Waals surface area contributed by atoms with Crippen molar-refractivity contribution in [2.45, 2.75) is 73.6 Å². The summed E-state index contributed by atoms with van der Waals surface area (Å²) in [6, 6.07) is 0. The highest BCUT2D eigenvalue weighted by molar-refractivity contribution is 4.88. The third kappa shape index (κ3) is 3.50. The van der Waals surface area contributed by atoms with Gasteiger partial charge in [-0.25, -0.2) is 0 Å². The van der Waals surface area contributed by atoms with Crippen LogP contribution < -0.4 is 0 Å². The van der Waals surface area contributed by atoms with Gasteiger partial charge in [0.15, 0.2) is 0 Å². The lowest BCUT2D eigenvalue weighted by atomic mass is 9.62. The maximum absolute atomic E-state index is 2.43. The van der Waals surface area contributed by atoms with Crippen molar-refractivity contribution in [1.82, 2.24) is 0 Å². The van der Waals surface area contributed by atoms with Crippen LogP contribution in [0.2, 0.25) is 0 Å². The van der Waals surface area contributed by atoms with E-state index in [4.69, 9.17) is 0 Å². The minimum Gasteiger partial charge on any atom is -0.0599 e. The Kier molecular flexibility index (Phi) is 3.90. The zero-order valence-corrected chi connectivity index (χ0v) is 11.7. The fourth-order valence-corrected chi connectivity index (χ4v) is 3.38. The predicted octanol–water partition coefficient (Wildman–Crippen LogP) is 5.28. The van der Waals surface area contributed by atoms with E-state index in [9.17, 15) is 0 Å². The maximum Gasteiger partial charge on any atom is -0.0332 e. The van der Waals surface area contributed by atoms with Gasteiger partial charge in [0.2, 0.25) is 0 Å². The highest BCUT2D eigenvalue weighted by Gasteiger charge is 2.38. The van der Waals surface area contributed by atoms with Crippen LogP contribution in [0, 0.1) is 22.7 Å². The molecule has 0 spiro atoms. The van der Waals surface area contributed by atoms with E-state index in [2.05, 4.69) is 41.5 Å². The van der Waals surface area contributed by atoms with Crippen molar-refractivity contribution in [1.29, 1.82) is 0 Å².